The van der Waals surface area contributed by atoms with Crippen molar-refractivity contribution >= 4 is 46.2 Å². The van der Waals surface area contributed by atoms with E-state index in [4.69, 9.17) is 21.4 Å². The lowest BCUT2D eigenvalue weighted by Gasteiger charge is -2.26. The van der Waals surface area contributed by atoms with Crippen molar-refractivity contribution in [2.24, 2.45) is 0 Å². The third-order valence-corrected chi connectivity index (χ3v) is 5.71. The van der Waals surface area contributed by atoms with Gasteiger partial charge in [0.1, 0.15) is 15.9 Å². The molecule has 0 N–H and O–H groups in total. The largest absolute Gasteiger partial charge is 0.441 e. The van der Waals surface area contributed by atoms with Crippen LogP contribution in [0.1, 0.15) is 11.3 Å². The van der Waals surface area contributed by atoms with Crippen molar-refractivity contribution in [2.75, 3.05) is 31.2 Å². The van der Waals surface area contributed by atoms with Crippen molar-refractivity contribution in [1.29, 1.82) is 0 Å². The van der Waals surface area contributed by atoms with Crippen LogP contribution in [0.5, 0.6) is 0 Å². The summed E-state index contributed by atoms with van der Waals surface area (Å²) in [5, 5.41) is 0. The minimum atomic E-state index is -0.307. The number of thioether (sulfide) groups is 1. The second kappa shape index (κ2) is 7.84. The zero-order valence-corrected chi connectivity index (χ0v) is 16.0. The van der Waals surface area contributed by atoms with Crippen LogP contribution in [0.15, 0.2) is 45.7 Å². The Morgan fingerprint density at radius 2 is 1.89 bits per heavy atom. The third kappa shape index (κ3) is 4.07. The van der Waals surface area contributed by atoms with E-state index < -0.39 is 0 Å². The van der Waals surface area contributed by atoms with Crippen LogP contribution >= 0.6 is 24.0 Å². The van der Waals surface area contributed by atoms with E-state index >= 15 is 0 Å². The Hall–Kier alpha value is -2.16. The molecule has 5 nitrogen and oxygen atoms in total. The van der Waals surface area contributed by atoms with Gasteiger partial charge in [-0.2, -0.15) is 0 Å². The summed E-state index contributed by atoms with van der Waals surface area (Å²) >= 11 is 6.59. The third-order valence-electron chi connectivity index (χ3n) is 4.34. The number of hydrogen-bond donors (Lipinski definition) is 0. The molecule has 4 rings (SSSR count). The van der Waals surface area contributed by atoms with E-state index in [1.807, 2.05) is 12.1 Å². The highest BCUT2D eigenvalue weighted by Crippen LogP contribution is 2.34. The summed E-state index contributed by atoms with van der Waals surface area (Å²) in [6.45, 7) is 3.25. The fourth-order valence-corrected chi connectivity index (χ4v) is 4.15. The molecule has 3 heterocycles. The van der Waals surface area contributed by atoms with Crippen LogP contribution in [-0.2, 0) is 16.1 Å². The van der Waals surface area contributed by atoms with Crippen LogP contribution in [0.3, 0.4) is 0 Å². The molecule has 2 aliphatic rings. The highest BCUT2D eigenvalue weighted by atomic mass is 32.2. The standard InChI is InChI=1S/C19H17FN2O3S2/c20-14-3-1-13(2-4-14)12-22-18(23)16(27-19(22)26)11-15-5-6-17(25-15)21-7-9-24-10-8-21/h1-6,11H,7-10,12H2/b16-11-. The Labute approximate surface area is 165 Å². The fraction of sp³-hybridized carbons (Fsp3) is 0.263. The van der Waals surface area contributed by atoms with Crippen LogP contribution in [0.2, 0.25) is 0 Å². The Morgan fingerprint density at radius 3 is 2.63 bits per heavy atom. The Balaban J connectivity index is 1.47. The summed E-state index contributed by atoms with van der Waals surface area (Å²) in [5.74, 6) is 0.904. The minimum absolute atomic E-state index is 0.168. The molecule has 0 atom stereocenters. The lowest BCUT2D eigenvalue weighted by molar-refractivity contribution is -0.122. The van der Waals surface area contributed by atoms with Crippen molar-refractivity contribution < 1.29 is 18.3 Å². The second-order valence-corrected chi connectivity index (χ2v) is 7.85. The molecule has 1 aromatic carbocycles. The molecule has 1 amide bonds. The first kappa shape index (κ1) is 18.2. The van der Waals surface area contributed by atoms with Crippen molar-refractivity contribution in [3.05, 3.63) is 58.4 Å². The monoisotopic (exact) mass is 404 g/mol. The van der Waals surface area contributed by atoms with Gasteiger partial charge in [-0.1, -0.05) is 36.1 Å². The smallest absolute Gasteiger partial charge is 0.266 e. The molecule has 0 bridgehead atoms. The number of morpholine rings is 1. The summed E-state index contributed by atoms with van der Waals surface area (Å²) in [4.78, 5) is 16.9. The van der Waals surface area contributed by atoms with Gasteiger partial charge in [0.05, 0.1) is 24.7 Å². The molecular formula is C19H17FN2O3S2. The van der Waals surface area contributed by atoms with Gasteiger partial charge in [-0.25, -0.2) is 4.39 Å². The van der Waals surface area contributed by atoms with E-state index in [0.29, 0.717) is 34.7 Å². The molecule has 2 fully saturated rings. The molecule has 0 aliphatic carbocycles. The average molecular weight is 404 g/mol. The zero-order valence-electron chi connectivity index (χ0n) is 14.4. The number of amides is 1. The molecule has 2 saturated heterocycles. The number of anilines is 1. The summed E-state index contributed by atoms with van der Waals surface area (Å²) in [7, 11) is 0. The number of rotatable bonds is 4. The summed E-state index contributed by atoms with van der Waals surface area (Å²) in [5.41, 5.74) is 0.821. The maximum Gasteiger partial charge on any atom is 0.266 e. The van der Waals surface area contributed by atoms with E-state index in [1.54, 1.807) is 18.2 Å². The van der Waals surface area contributed by atoms with Gasteiger partial charge in [0.25, 0.3) is 5.91 Å². The highest BCUT2D eigenvalue weighted by Gasteiger charge is 2.32. The number of nitrogens with zero attached hydrogens (tertiary/aromatic N) is 2. The van der Waals surface area contributed by atoms with Crippen molar-refractivity contribution in [2.45, 2.75) is 6.54 Å². The SMILES string of the molecule is O=C1/C(=C/c2ccc(N3CCOCC3)o2)SC(=S)N1Cc1ccc(F)cc1. The van der Waals surface area contributed by atoms with Gasteiger partial charge in [0.2, 0.25) is 0 Å². The Bertz CT molecular complexity index is 889. The van der Waals surface area contributed by atoms with Crippen molar-refractivity contribution in [1.82, 2.24) is 4.90 Å². The van der Waals surface area contributed by atoms with Crippen LogP contribution in [-0.4, -0.2) is 41.4 Å². The van der Waals surface area contributed by atoms with E-state index in [2.05, 4.69) is 4.90 Å². The number of carbonyl (C=O) groups is 1. The van der Waals surface area contributed by atoms with Gasteiger partial charge in [0.15, 0.2) is 5.88 Å². The topological polar surface area (TPSA) is 45.9 Å². The van der Waals surface area contributed by atoms with Crippen LogP contribution < -0.4 is 4.90 Å². The first-order valence-corrected chi connectivity index (χ1v) is 9.75. The van der Waals surface area contributed by atoms with Gasteiger partial charge in [0, 0.05) is 25.2 Å². The van der Waals surface area contributed by atoms with E-state index in [-0.39, 0.29) is 11.7 Å². The first-order chi connectivity index (χ1) is 13.1. The van der Waals surface area contributed by atoms with Crippen LogP contribution in [0.4, 0.5) is 10.3 Å². The van der Waals surface area contributed by atoms with Crippen molar-refractivity contribution in [3.8, 4) is 0 Å². The Kier molecular flexibility index (Phi) is 5.29. The fourth-order valence-electron chi connectivity index (χ4n) is 2.91. The molecule has 0 unspecified atom stereocenters. The predicted molar refractivity (Wildman–Crippen MR) is 107 cm³/mol. The first-order valence-electron chi connectivity index (χ1n) is 8.52. The van der Waals surface area contributed by atoms with Crippen LogP contribution in [0.25, 0.3) is 6.08 Å². The maximum absolute atomic E-state index is 13.1. The number of hydrogen-bond acceptors (Lipinski definition) is 6. The molecule has 0 spiro atoms. The molecule has 0 radical (unpaired) electrons. The van der Waals surface area contributed by atoms with E-state index in [9.17, 15) is 9.18 Å². The van der Waals surface area contributed by atoms with Gasteiger partial charge in [-0.15, -0.1) is 0 Å². The molecule has 8 heteroatoms. The number of carbonyl (C=O) groups excluding carboxylic acids is 1. The second-order valence-electron chi connectivity index (χ2n) is 6.17. The van der Waals surface area contributed by atoms with Gasteiger partial charge >= 0.3 is 0 Å². The van der Waals surface area contributed by atoms with Gasteiger partial charge < -0.3 is 14.1 Å². The summed E-state index contributed by atoms with van der Waals surface area (Å²) < 4.78 is 24.7. The average Bonchev–Trinajstić information content (AvgIpc) is 3.25. The number of benzene rings is 1. The van der Waals surface area contributed by atoms with Gasteiger partial charge in [-0.3, -0.25) is 9.69 Å². The predicted octanol–water partition coefficient (Wildman–Crippen LogP) is 3.66. The normalized spacial score (nSPS) is 19.4. The highest BCUT2D eigenvalue weighted by molar-refractivity contribution is 8.26. The van der Waals surface area contributed by atoms with E-state index in [1.165, 1.54) is 28.8 Å². The van der Waals surface area contributed by atoms with E-state index in [0.717, 1.165) is 24.5 Å². The van der Waals surface area contributed by atoms with Crippen LogP contribution in [0, 0.1) is 5.82 Å². The maximum atomic E-state index is 13.1. The zero-order chi connectivity index (χ0) is 18.8. The molecule has 140 valence electrons. The molecule has 2 aromatic rings. The molecule has 1 aromatic heterocycles. The number of furan rings is 1. The summed E-state index contributed by atoms with van der Waals surface area (Å²) in [6.07, 6.45) is 1.72. The molecule has 0 saturated carbocycles. The summed E-state index contributed by atoms with van der Waals surface area (Å²) in [6, 6.07) is 9.79. The van der Waals surface area contributed by atoms with Crippen molar-refractivity contribution in [3.63, 3.8) is 0 Å². The lowest BCUT2D eigenvalue weighted by Crippen LogP contribution is -2.35. The lowest BCUT2D eigenvalue weighted by atomic mass is 10.2. The number of ether oxygens (including phenoxy) is 1. The quantitative estimate of drug-likeness (QED) is 0.573. The number of halogens is 1. The van der Waals surface area contributed by atoms with Gasteiger partial charge in [-0.05, 0) is 23.8 Å². The molecular weight excluding hydrogens is 387 g/mol. The molecule has 27 heavy (non-hydrogen) atoms. The Morgan fingerprint density at radius 1 is 1.15 bits per heavy atom. The molecule has 2 aliphatic heterocycles. The number of thiocarbonyl (C=S) groups is 1. The minimum Gasteiger partial charge on any atom is -0.441 e.